The first-order valence-corrected chi connectivity index (χ1v) is 7.49. The average Bonchev–Trinajstić information content (AvgIpc) is 2.41. The highest BCUT2D eigenvalue weighted by molar-refractivity contribution is 7.92. The smallest absolute Gasteiger partial charge is 0.261 e. The first kappa shape index (κ1) is 14.5. The Morgan fingerprint density at radius 2 is 1.85 bits per heavy atom. The maximum atomic E-state index is 12.2. The number of carbonyl (C=O) groups is 1. The van der Waals surface area contributed by atoms with Crippen LogP contribution < -0.4 is 4.72 Å². The second kappa shape index (κ2) is 5.60. The maximum Gasteiger partial charge on any atom is 0.261 e. The lowest BCUT2D eigenvalue weighted by Crippen LogP contribution is -2.13. The highest BCUT2D eigenvalue weighted by Crippen LogP contribution is 2.23. The normalized spacial score (nSPS) is 11.1. The Kier molecular flexibility index (Phi) is 4.06. The minimum Gasteiger partial charge on any atom is -0.295 e. The van der Waals surface area contributed by atoms with E-state index in [9.17, 15) is 13.2 Å². The zero-order valence-electron chi connectivity index (χ0n) is 10.5. The number of anilines is 1. The van der Waals surface area contributed by atoms with Crippen LogP contribution in [-0.4, -0.2) is 19.2 Å². The first-order chi connectivity index (χ1) is 9.40. The number of rotatable bonds is 4. The van der Waals surface area contributed by atoms with Crippen LogP contribution in [-0.2, 0) is 10.0 Å². The molecular weight excluding hydrogens is 300 g/mol. The Morgan fingerprint density at radius 3 is 2.40 bits per heavy atom. The summed E-state index contributed by atoms with van der Waals surface area (Å²) >= 11 is 5.87. The van der Waals surface area contributed by atoms with Crippen molar-refractivity contribution in [2.45, 2.75) is 11.8 Å². The number of halogens is 1. The third kappa shape index (κ3) is 3.15. The second-order valence-electron chi connectivity index (χ2n) is 4.04. The van der Waals surface area contributed by atoms with Crippen molar-refractivity contribution < 1.29 is 13.2 Å². The molecule has 0 aliphatic carbocycles. The molecule has 20 heavy (non-hydrogen) atoms. The lowest BCUT2D eigenvalue weighted by Gasteiger charge is -2.09. The number of hydrogen-bond donors (Lipinski definition) is 1. The molecule has 1 N–H and O–H groups in total. The van der Waals surface area contributed by atoms with E-state index in [2.05, 4.69) is 9.71 Å². The van der Waals surface area contributed by atoms with Crippen LogP contribution in [0.25, 0.3) is 0 Å². The molecule has 0 amide bonds. The summed E-state index contributed by atoms with van der Waals surface area (Å²) in [5.74, 6) is -0.128. The first-order valence-electron chi connectivity index (χ1n) is 5.63. The monoisotopic (exact) mass is 310 g/mol. The number of pyridine rings is 1. The number of carbonyl (C=O) groups excluding carboxylic acids is 1. The fourth-order valence-electron chi connectivity index (χ4n) is 1.53. The van der Waals surface area contributed by atoms with Crippen molar-refractivity contribution in [2.24, 2.45) is 0 Å². The summed E-state index contributed by atoms with van der Waals surface area (Å²) in [6.07, 6.45) is 2.78. The van der Waals surface area contributed by atoms with Crippen LogP contribution in [0, 0.1) is 0 Å². The van der Waals surface area contributed by atoms with Gasteiger partial charge < -0.3 is 0 Å². The lowest BCUT2D eigenvalue weighted by atomic mass is 10.2. The summed E-state index contributed by atoms with van der Waals surface area (Å²) in [5, 5.41) is 0.254. The van der Waals surface area contributed by atoms with E-state index < -0.39 is 10.0 Å². The van der Waals surface area contributed by atoms with Gasteiger partial charge in [-0.3, -0.25) is 14.5 Å². The molecule has 0 radical (unpaired) electrons. The fourth-order valence-corrected chi connectivity index (χ4v) is 2.80. The quantitative estimate of drug-likeness (QED) is 0.881. The molecule has 5 nitrogen and oxygen atoms in total. The topological polar surface area (TPSA) is 76.1 Å². The SMILES string of the molecule is CC(=O)c1ccc(S(=O)(=O)Nc2cnccc2Cl)cc1. The van der Waals surface area contributed by atoms with Crippen molar-refractivity contribution >= 4 is 33.1 Å². The van der Waals surface area contributed by atoms with Crippen LogP contribution in [0.5, 0.6) is 0 Å². The molecule has 1 aromatic carbocycles. The van der Waals surface area contributed by atoms with Gasteiger partial charge in [-0.25, -0.2) is 8.42 Å². The molecule has 2 rings (SSSR count). The largest absolute Gasteiger partial charge is 0.295 e. The number of benzene rings is 1. The van der Waals surface area contributed by atoms with Gasteiger partial charge in [0.05, 0.1) is 21.8 Å². The van der Waals surface area contributed by atoms with Gasteiger partial charge in [-0.15, -0.1) is 0 Å². The highest BCUT2D eigenvalue weighted by atomic mass is 35.5. The predicted molar refractivity (Wildman–Crippen MR) is 76.5 cm³/mol. The van der Waals surface area contributed by atoms with E-state index in [1.54, 1.807) is 0 Å². The Morgan fingerprint density at radius 1 is 1.20 bits per heavy atom. The van der Waals surface area contributed by atoms with Crippen LogP contribution in [0.3, 0.4) is 0 Å². The van der Waals surface area contributed by atoms with Gasteiger partial charge in [-0.1, -0.05) is 23.7 Å². The van der Waals surface area contributed by atoms with Gasteiger partial charge in [0, 0.05) is 11.8 Å². The molecule has 2 aromatic rings. The van der Waals surface area contributed by atoms with Crippen molar-refractivity contribution in [1.29, 1.82) is 0 Å². The Hall–Kier alpha value is -1.92. The molecule has 0 aliphatic heterocycles. The van der Waals surface area contributed by atoms with E-state index in [0.29, 0.717) is 5.56 Å². The van der Waals surface area contributed by atoms with E-state index in [1.807, 2.05) is 0 Å². The van der Waals surface area contributed by atoms with Gasteiger partial charge in [-0.2, -0.15) is 0 Å². The van der Waals surface area contributed by atoms with Crippen LogP contribution >= 0.6 is 11.6 Å². The number of ketones is 1. The highest BCUT2D eigenvalue weighted by Gasteiger charge is 2.16. The summed E-state index contributed by atoms with van der Waals surface area (Å²) in [6.45, 7) is 1.41. The molecule has 7 heteroatoms. The van der Waals surface area contributed by atoms with Gasteiger partial charge in [0.2, 0.25) is 0 Å². The zero-order chi connectivity index (χ0) is 14.8. The molecule has 0 saturated heterocycles. The van der Waals surface area contributed by atoms with Crippen LogP contribution in [0.4, 0.5) is 5.69 Å². The van der Waals surface area contributed by atoms with Crippen LogP contribution in [0.2, 0.25) is 5.02 Å². The molecule has 0 spiro atoms. The molecule has 104 valence electrons. The molecule has 1 aromatic heterocycles. The molecular formula is C13H11ClN2O3S. The fraction of sp³-hybridized carbons (Fsp3) is 0.0769. The maximum absolute atomic E-state index is 12.2. The van der Waals surface area contributed by atoms with Gasteiger partial charge in [-0.05, 0) is 25.1 Å². The third-order valence-electron chi connectivity index (χ3n) is 2.58. The minimum absolute atomic E-state index is 0.0439. The van der Waals surface area contributed by atoms with Gasteiger partial charge in [0.15, 0.2) is 5.78 Å². The number of nitrogens with one attached hydrogen (secondary N) is 1. The van der Waals surface area contributed by atoms with E-state index in [0.717, 1.165) is 0 Å². The van der Waals surface area contributed by atoms with E-state index in [-0.39, 0.29) is 21.4 Å². The number of aromatic nitrogens is 1. The minimum atomic E-state index is -3.76. The van der Waals surface area contributed by atoms with Crippen molar-refractivity contribution in [2.75, 3.05) is 4.72 Å². The summed E-state index contributed by atoms with van der Waals surface area (Å²) in [7, 11) is -3.76. The molecule has 0 atom stereocenters. The number of hydrogen-bond acceptors (Lipinski definition) is 4. The van der Waals surface area contributed by atoms with Gasteiger partial charge >= 0.3 is 0 Å². The van der Waals surface area contributed by atoms with Gasteiger partial charge in [0.25, 0.3) is 10.0 Å². The Bertz CT molecular complexity index is 742. The van der Waals surface area contributed by atoms with Crippen LogP contribution in [0.1, 0.15) is 17.3 Å². The van der Waals surface area contributed by atoms with E-state index in [1.165, 1.54) is 49.6 Å². The zero-order valence-corrected chi connectivity index (χ0v) is 12.1. The lowest BCUT2D eigenvalue weighted by molar-refractivity contribution is 0.101. The molecule has 1 heterocycles. The standard InChI is InChI=1S/C13H11ClN2O3S/c1-9(17)10-2-4-11(5-3-10)20(18,19)16-13-8-15-7-6-12(13)14/h2-8,16H,1H3. The number of Topliss-reactive ketones (excluding diaryl/α,β-unsaturated/α-hetero) is 1. The molecule has 0 bridgehead atoms. The van der Waals surface area contributed by atoms with Crippen molar-refractivity contribution in [3.8, 4) is 0 Å². The molecule has 0 saturated carbocycles. The number of sulfonamides is 1. The van der Waals surface area contributed by atoms with Crippen molar-refractivity contribution in [1.82, 2.24) is 4.98 Å². The van der Waals surface area contributed by atoms with Crippen molar-refractivity contribution in [3.63, 3.8) is 0 Å². The molecule has 0 aliphatic rings. The predicted octanol–water partition coefficient (Wildman–Crippen LogP) is 2.74. The van der Waals surface area contributed by atoms with Crippen LogP contribution in [0.15, 0.2) is 47.6 Å². The van der Waals surface area contributed by atoms with Crippen molar-refractivity contribution in [3.05, 3.63) is 53.3 Å². The summed E-state index contributed by atoms with van der Waals surface area (Å²) < 4.78 is 26.6. The van der Waals surface area contributed by atoms with E-state index >= 15 is 0 Å². The summed E-state index contributed by atoms with van der Waals surface area (Å²) in [6, 6.07) is 7.13. The average molecular weight is 311 g/mol. The second-order valence-corrected chi connectivity index (χ2v) is 6.13. The summed E-state index contributed by atoms with van der Waals surface area (Å²) in [5.41, 5.74) is 0.646. The molecule has 0 unspecified atom stereocenters. The van der Waals surface area contributed by atoms with E-state index in [4.69, 9.17) is 11.6 Å². The number of nitrogens with zero attached hydrogens (tertiary/aromatic N) is 1. The third-order valence-corrected chi connectivity index (χ3v) is 4.29. The Labute approximate surface area is 121 Å². The van der Waals surface area contributed by atoms with Gasteiger partial charge in [0.1, 0.15) is 0 Å². The Balaban J connectivity index is 2.31. The molecule has 0 fully saturated rings. The summed E-state index contributed by atoms with van der Waals surface area (Å²) in [4.78, 5) is 15.0.